The van der Waals surface area contributed by atoms with Crippen molar-refractivity contribution in [1.29, 1.82) is 0 Å². The predicted molar refractivity (Wildman–Crippen MR) is 99.6 cm³/mol. The van der Waals surface area contributed by atoms with Crippen molar-refractivity contribution in [3.63, 3.8) is 0 Å². The van der Waals surface area contributed by atoms with Crippen molar-refractivity contribution in [3.8, 4) is 0 Å². The summed E-state index contributed by atoms with van der Waals surface area (Å²) in [6.45, 7) is 7.72. The zero-order valence-corrected chi connectivity index (χ0v) is 15.4. The van der Waals surface area contributed by atoms with Crippen LogP contribution in [0, 0.1) is 12.8 Å². The highest BCUT2D eigenvalue weighted by atomic mass is 16.1. The zero-order valence-electron chi connectivity index (χ0n) is 15.4. The van der Waals surface area contributed by atoms with Gasteiger partial charge in [0.05, 0.1) is 5.92 Å². The molecule has 6 nitrogen and oxygen atoms in total. The summed E-state index contributed by atoms with van der Waals surface area (Å²) in [5.74, 6) is 0.983. The number of likely N-dealkylation sites (tertiary alicyclic amines) is 1. The molecule has 0 spiro atoms. The van der Waals surface area contributed by atoms with Gasteiger partial charge in [0.15, 0.2) is 0 Å². The van der Waals surface area contributed by atoms with Gasteiger partial charge in [-0.25, -0.2) is 9.97 Å². The standard InChI is InChI=1S/C19H31N5O/c1-16-8-9-21-19(22-16)24-13-6-7-17(15-24)18(25)20-10-14-23-11-4-2-3-5-12-23/h8-9,17H,2-7,10-15H2,1H3,(H,20,25). The maximum atomic E-state index is 12.6. The lowest BCUT2D eigenvalue weighted by atomic mass is 9.97. The number of amides is 1. The van der Waals surface area contributed by atoms with Crippen molar-refractivity contribution in [3.05, 3.63) is 18.0 Å². The lowest BCUT2D eigenvalue weighted by Crippen LogP contribution is -2.45. The number of rotatable bonds is 5. The molecule has 0 aromatic carbocycles. The van der Waals surface area contributed by atoms with Crippen LogP contribution in [0.3, 0.4) is 0 Å². The van der Waals surface area contributed by atoms with E-state index < -0.39 is 0 Å². The van der Waals surface area contributed by atoms with E-state index in [1.165, 1.54) is 38.8 Å². The summed E-state index contributed by atoms with van der Waals surface area (Å²) < 4.78 is 0. The van der Waals surface area contributed by atoms with Crippen molar-refractivity contribution in [2.75, 3.05) is 44.2 Å². The average Bonchev–Trinajstić information content (AvgIpc) is 2.91. The first-order chi connectivity index (χ1) is 12.2. The molecule has 1 aromatic heterocycles. The number of anilines is 1. The van der Waals surface area contributed by atoms with E-state index in [9.17, 15) is 4.79 Å². The molecule has 6 heteroatoms. The van der Waals surface area contributed by atoms with E-state index in [1.807, 2.05) is 13.0 Å². The molecule has 2 aliphatic heterocycles. The normalized spacial score (nSPS) is 22.4. The van der Waals surface area contributed by atoms with Crippen LogP contribution in [0.2, 0.25) is 0 Å². The van der Waals surface area contributed by atoms with Gasteiger partial charge in [-0.15, -0.1) is 0 Å². The molecule has 0 saturated carbocycles. The number of nitrogens with one attached hydrogen (secondary N) is 1. The first-order valence-electron chi connectivity index (χ1n) is 9.77. The summed E-state index contributed by atoms with van der Waals surface area (Å²) >= 11 is 0. The van der Waals surface area contributed by atoms with Gasteiger partial charge in [0.1, 0.15) is 0 Å². The third-order valence-corrected chi connectivity index (χ3v) is 5.28. The minimum absolute atomic E-state index is 0.0435. The highest BCUT2D eigenvalue weighted by molar-refractivity contribution is 5.79. The maximum absolute atomic E-state index is 12.6. The number of nitrogens with zero attached hydrogens (tertiary/aromatic N) is 4. The molecule has 2 fully saturated rings. The third-order valence-electron chi connectivity index (χ3n) is 5.28. The Morgan fingerprint density at radius 3 is 2.76 bits per heavy atom. The van der Waals surface area contributed by atoms with Crippen LogP contribution in [0.15, 0.2) is 12.3 Å². The Labute approximate surface area is 151 Å². The van der Waals surface area contributed by atoms with Gasteiger partial charge in [0.2, 0.25) is 11.9 Å². The minimum atomic E-state index is 0.0435. The number of carbonyl (C=O) groups is 1. The number of piperidine rings is 1. The molecule has 3 heterocycles. The Bertz CT molecular complexity index is 557. The predicted octanol–water partition coefficient (Wildman–Crippen LogP) is 1.99. The van der Waals surface area contributed by atoms with Gasteiger partial charge in [0.25, 0.3) is 0 Å². The number of aryl methyl sites for hydroxylation is 1. The Morgan fingerprint density at radius 1 is 1.20 bits per heavy atom. The molecular formula is C19H31N5O. The molecule has 1 atom stereocenters. The number of hydrogen-bond acceptors (Lipinski definition) is 5. The number of aromatic nitrogens is 2. The van der Waals surface area contributed by atoms with Crippen molar-refractivity contribution in [1.82, 2.24) is 20.2 Å². The van der Waals surface area contributed by atoms with E-state index >= 15 is 0 Å². The van der Waals surface area contributed by atoms with Crippen LogP contribution in [0.1, 0.15) is 44.2 Å². The van der Waals surface area contributed by atoms with Gasteiger partial charge in [-0.05, 0) is 51.8 Å². The topological polar surface area (TPSA) is 61.4 Å². The van der Waals surface area contributed by atoms with Crippen LogP contribution in [0.25, 0.3) is 0 Å². The molecule has 2 aliphatic rings. The lowest BCUT2D eigenvalue weighted by molar-refractivity contribution is -0.125. The zero-order chi connectivity index (χ0) is 17.5. The molecule has 0 aliphatic carbocycles. The summed E-state index contributed by atoms with van der Waals surface area (Å²) in [5.41, 5.74) is 0.967. The average molecular weight is 345 g/mol. The fraction of sp³-hybridized carbons (Fsp3) is 0.737. The van der Waals surface area contributed by atoms with Gasteiger partial charge >= 0.3 is 0 Å². The van der Waals surface area contributed by atoms with E-state index in [0.29, 0.717) is 0 Å². The molecule has 1 N–H and O–H groups in total. The quantitative estimate of drug-likeness (QED) is 0.884. The monoisotopic (exact) mass is 345 g/mol. The fourth-order valence-corrected chi connectivity index (χ4v) is 3.80. The number of hydrogen-bond donors (Lipinski definition) is 1. The van der Waals surface area contributed by atoms with Gasteiger partial charge in [-0.3, -0.25) is 4.79 Å². The summed E-state index contributed by atoms with van der Waals surface area (Å²) in [6, 6.07) is 1.90. The third kappa shape index (κ3) is 5.39. The second-order valence-corrected chi connectivity index (χ2v) is 7.33. The second-order valence-electron chi connectivity index (χ2n) is 7.33. The van der Waals surface area contributed by atoms with Crippen molar-refractivity contribution in [2.24, 2.45) is 5.92 Å². The SMILES string of the molecule is Cc1ccnc(N2CCCC(C(=O)NCCN3CCCCCC3)C2)n1. The highest BCUT2D eigenvalue weighted by Crippen LogP contribution is 2.20. The van der Waals surface area contributed by atoms with E-state index in [2.05, 4.69) is 25.1 Å². The lowest BCUT2D eigenvalue weighted by Gasteiger charge is -2.32. The van der Waals surface area contributed by atoms with Gasteiger partial charge in [0, 0.05) is 38.1 Å². The molecular weight excluding hydrogens is 314 g/mol. The Balaban J connectivity index is 1.45. The molecule has 2 saturated heterocycles. The minimum Gasteiger partial charge on any atom is -0.355 e. The molecule has 138 valence electrons. The van der Waals surface area contributed by atoms with Crippen molar-refractivity contribution >= 4 is 11.9 Å². The fourth-order valence-electron chi connectivity index (χ4n) is 3.80. The Morgan fingerprint density at radius 2 is 2.00 bits per heavy atom. The van der Waals surface area contributed by atoms with Gasteiger partial charge in [-0.2, -0.15) is 0 Å². The van der Waals surface area contributed by atoms with E-state index in [-0.39, 0.29) is 11.8 Å². The molecule has 0 radical (unpaired) electrons. The van der Waals surface area contributed by atoms with Crippen LogP contribution < -0.4 is 10.2 Å². The van der Waals surface area contributed by atoms with Crippen LogP contribution in [0.4, 0.5) is 5.95 Å². The summed E-state index contributed by atoms with van der Waals surface area (Å²) in [4.78, 5) is 26.1. The number of carbonyl (C=O) groups excluding carboxylic acids is 1. The molecule has 1 aromatic rings. The molecule has 1 unspecified atom stereocenters. The van der Waals surface area contributed by atoms with E-state index in [4.69, 9.17) is 0 Å². The van der Waals surface area contributed by atoms with Gasteiger partial charge < -0.3 is 15.1 Å². The van der Waals surface area contributed by atoms with Gasteiger partial charge in [-0.1, -0.05) is 12.8 Å². The van der Waals surface area contributed by atoms with E-state index in [0.717, 1.165) is 50.7 Å². The molecule has 25 heavy (non-hydrogen) atoms. The first kappa shape index (κ1) is 18.1. The maximum Gasteiger partial charge on any atom is 0.225 e. The summed E-state index contributed by atoms with van der Waals surface area (Å²) in [6.07, 6.45) is 9.05. The molecule has 1 amide bonds. The molecule has 3 rings (SSSR count). The Kier molecular flexibility index (Phi) is 6.62. The smallest absolute Gasteiger partial charge is 0.225 e. The summed E-state index contributed by atoms with van der Waals surface area (Å²) in [7, 11) is 0. The van der Waals surface area contributed by atoms with Crippen molar-refractivity contribution in [2.45, 2.75) is 45.4 Å². The second kappa shape index (κ2) is 9.13. The molecule has 0 bridgehead atoms. The van der Waals surface area contributed by atoms with Crippen LogP contribution in [-0.4, -0.2) is 60.0 Å². The van der Waals surface area contributed by atoms with Crippen molar-refractivity contribution < 1.29 is 4.79 Å². The Hall–Kier alpha value is -1.69. The largest absolute Gasteiger partial charge is 0.355 e. The summed E-state index contributed by atoms with van der Waals surface area (Å²) in [5, 5.41) is 3.16. The van der Waals surface area contributed by atoms with Crippen LogP contribution in [0.5, 0.6) is 0 Å². The van der Waals surface area contributed by atoms with E-state index in [1.54, 1.807) is 6.20 Å². The van der Waals surface area contributed by atoms with Crippen LogP contribution >= 0.6 is 0 Å². The highest BCUT2D eigenvalue weighted by Gasteiger charge is 2.27. The van der Waals surface area contributed by atoms with Crippen LogP contribution in [-0.2, 0) is 4.79 Å². The first-order valence-corrected chi connectivity index (χ1v) is 9.77.